The fraction of sp³-hybridized carbons (Fsp3) is 0.333. The Hall–Kier alpha value is -3.30. The van der Waals surface area contributed by atoms with Gasteiger partial charge < -0.3 is 14.2 Å². The Morgan fingerprint density at radius 3 is 2.83 bits per heavy atom. The first-order valence-electron chi connectivity index (χ1n) is 9.89. The number of amides is 1. The molecule has 2 aliphatic heterocycles. The number of hydrogen-bond donors (Lipinski definition) is 2. The van der Waals surface area contributed by atoms with Crippen molar-refractivity contribution in [3.63, 3.8) is 0 Å². The number of pyridine rings is 1. The van der Waals surface area contributed by atoms with Crippen LogP contribution >= 0.6 is 0 Å². The van der Waals surface area contributed by atoms with Crippen LogP contribution in [0, 0.1) is 0 Å². The van der Waals surface area contributed by atoms with E-state index in [0.717, 1.165) is 16.9 Å². The van der Waals surface area contributed by atoms with Crippen molar-refractivity contribution < 1.29 is 14.1 Å². The number of nitrogens with one attached hydrogen (secondary N) is 2. The van der Waals surface area contributed by atoms with E-state index >= 15 is 0 Å². The number of hydrogen-bond acceptors (Lipinski definition) is 8. The molecule has 0 bridgehead atoms. The lowest BCUT2D eigenvalue weighted by Gasteiger charge is -2.38. The smallest absolute Gasteiger partial charge is 0.241 e. The molecule has 1 amide bonds. The lowest BCUT2D eigenvalue weighted by atomic mass is 9.96. The molecule has 154 valence electrons. The first-order valence-corrected chi connectivity index (χ1v) is 9.89. The van der Waals surface area contributed by atoms with Crippen molar-refractivity contribution in [2.24, 2.45) is 0 Å². The molecule has 1 aromatic carbocycles. The van der Waals surface area contributed by atoms with Gasteiger partial charge in [-0.15, -0.1) is 0 Å². The molecular formula is C21H22N6O3. The van der Waals surface area contributed by atoms with Gasteiger partial charge in [-0.2, -0.15) is 4.98 Å². The maximum atomic E-state index is 12.9. The number of ether oxygens (including phenoxy) is 1. The molecule has 9 heteroatoms. The summed E-state index contributed by atoms with van der Waals surface area (Å²) in [7, 11) is 1.65. The van der Waals surface area contributed by atoms with Crippen LogP contribution in [0.3, 0.4) is 0 Å². The van der Waals surface area contributed by atoms with Crippen molar-refractivity contribution in [3.05, 3.63) is 60.2 Å². The minimum atomic E-state index is -0.266. The number of rotatable bonds is 5. The molecule has 0 saturated carbocycles. The first-order chi connectivity index (χ1) is 14.7. The average Bonchev–Trinajstić information content (AvgIpc) is 3.44. The van der Waals surface area contributed by atoms with Gasteiger partial charge in [0.2, 0.25) is 17.6 Å². The second kappa shape index (κ2) is 7.85. The molecule has 30 heavy (non-hydrogen) atoms. The highest BCUT2D eigenvalue weighted by atomic mass is 16.5. The topological polar surface area (TPSA) is 105 Å². The molecule has 5 rings (SSSR count). The van der Waals surface area contributed by atoms with E-state index < -0.39 is 0 Å². The van der Waals surface area contributed by atoms with Crippen LogP contribution < -0.4 is 15.6 Å². The number of aromatic nitrogens is 3. The molecule has 9 nitrogen and oxygen atoms in total. The quantitative estimate of drug-likeness (QED) is 0.659. The molecule has 2 saturated heterocycles. The third kappa shape index (κ3) is 3.53. The van der Waals surface area contributed by atoms with E-state index in [1.54, 1.807) is 19.5 Å². The number of benzene rings is 1. The molecule has 2 aliphatic rings. The molecule has 3 aromatic rings. The van der Waals surface area contributed by atoms with Gasteiger partial charge in [-0.1, -0.05) is 17.3 Å². The monoisotopic (exact) mass is 406 g/mol. The summed E-state index contributed by atoms with van der Waals surface area (Å²) >= 11 is 0. The minimum Gasteiger partial charge on any atom is -0.497 e. The van der Waals surface area contributed by atoms with Gasteiger partial charge >= 0.3 is 0 Å². The average molecular weight is 406 g/mol. The molecule has 2 atom stereocenters. The van der Waals surface area contributed by atoms with Crippen molar-refractivity contribution >= 4 is 5.91 Å². The maximum Gasteiger partial charge on any atom is 0.241 e. The van der Waals surface area contributed by atoms with Crippen molar-refractivity contribution in [1.29, 1.82) is 0 Å². The number of likely N-dealkylation sites (tertiary alicyclic amines) is 1. The van der Waals surface area contributed by atoms with Gasteiger partial charge in [0.25, 0.3) is 0 Å². The summed E-state index contributed by atoms with van der Waals surface area (Å²) in [4.78, 5) is 23.2. The Bertz CT molecular complexity index is 1030. The highest BCUT2D eigenvalue weighted by Crippen LogP contribution is 2.31. The second-order valence-electron chi connectivity index (χ2n) is 7.54. The molecule has 2 fully saturated rings. The Labute approximate surface area is 173 Å². The first kappa shape index (κ1) is 18.7. The predicted octanol–water partition coefficient (Wildman–Crippen LogP) is 1.67. The summed E-state index contributed by atoms with van der Waals surface area (Å²) in [6.07, 6.45) is 4.06. The van der Waals surface area contributed by atoms with Gasteiger partial charge in [-0.3, -0.25) is 9.78 Å². The number of carbonyl (C=O) groups is 1. The molecule has 2 aromatic heterocycles. The fourth-order valence-corrected chi connectivity index (χ4v) is 3.85. The lowest BCUT2D eigenvalue weighted by Crippen LogP contribution is -2.54. The molecule has 0 aliphatic carbocycles. The van der Waals surface area contributed by atoms with Crippen LogP contribution in [0.2, 0.25) is 0 Å². The van der Waals surface area contributed by atoms with Crippen LogP contribution in [0.15, 0.2) is 53.3 Å². The molecular weight excluding hydrogens is 384 g/mol. The Balaban J connectivity index is 1.17. The Morgan fingerprint density at radius 2 is 2.03 bits per heavy atom. The molecule has 2 unspecified atom stereocenters. The van der Waals surface area contributed by atoms with E-state index in [1.165, 1.54) is 0 Å². The summed E-state index contributed by atoms with van der Waals surface area (Å²) in [5, 5.41) is 4.04. The van der Waals surface area contributed by atoms with Crippen LogP contribution in [-0.4, -0.2) is 52.2 Å². The van der Waals surface area contributed by atoms with Gasteiger partial charge in [-0.05, 0) is 36.2 Å². The summed E-state index contributed by atoms with van der Waals surface area (Å²) < 4.78 is 10.7. The highest BCUT2D eigenvalue weighted by Gasteiger charge is 2.40. The minimum absolute atomic E-state index is 0.0602. The van der Waals surface area contributed by atoms with Crippen molar-refractivity contribution in [1.82, 2.24) is 30.9 Å². The van der Waals surface area contributed by atoms with Gasteiger partial charge in [0.15, 0.2) is 0 Å². The normalized spacial score (nSPS) is 21.4. The van der Waals surface area contributed by atoms with Crippen LogP contribution in [0.1, 0.15) is 29.8 Å². The van der Waals surface area contributed by atoms with Crippen LogP contribution in [0.5, 0.6) is 5.75 Å². The summed E-state index contributed by atoms with van der Waals surface area (Å²) in [5.74, 6) is 2.07. The Morgan fingerprint density at radius 1 is 1.20 bits per heavy atom. The van der Waals surface area contributed by atoms with Crippen LogP contribution in [0.25, 0.3) is 11.4 Å². The van der Waals surface area contributed by atoms with Gasteiger partial charge in [0.05, 0.1) is 13.0 Å². The van der Waals surface area contributed by atoms with E-state index in [0.29, 0.717) is 31.2 Å². The van der Waals surface area contributed by atoms with Crippen LogP contribution in [-0.2, 0) is 4.79 Å². The van der Waals surface area contributed by atoms with Gasteiger partial charge in [0, 0.05) is 37.1 Å². The van der Waals surface area contributed by atoms with Gasteiger partial charge in [-0.25, -0.2) is 10.9 Å². The van der Waals surface area contributed by atoms with Gasteiger partial charge in [0.1, 0.15) is 11.8 Å². The Kier molecular flexibility index (Phi) is 4.89. The SMILES string of the molecule is COc1cccc(C2CC(C(=O)N3CC(c4nc(-c5ccncc5)no4)C3)NN2)c1. The fourth-order valence-electron chi connectivity index (χ4n) is 3.85. The molecule has 4 heterocycles. The molecule has 2 N–H and O–H groups in total. The predicted molar refractivity (Wildman–Crippen MR) is 107 cm³/mol. The highest BCUT2D eigenvalue weighted by molar-refractivity contribution is 5.83. The third-order valence-corrected chi connectivity index (χ3v) is 5.62. The maximum absolute atomic E-state index is 12.9. The number of carbonyl (C=O) groups excluding carboxylic acids is 1. The number of nitrogens with zero attached hydrogens (tertiary/aromatic N) is 4. The van der Waals surface area contributed by atoms with Crippen molar-refractivity contribution in [3.8, 4) is 17.1 Å². The van der Waals surface area contributed by atoms with E-state index in [2.05, 4.69) is 26.0 Å². The summed E-state index contributed by atoms with van der Waals surface area (Å²) in [6.45, 7) is 1.16. The molecule has 0 radical (unpaired) electrons. The van der Waals surface area contributed by atoms with E-state index in [9.17, 15) is 4.79 Å². The van der Waals surface area contributed by atoms with Crippen molar-refractivity contribution in [2.75, 3.05) is 20.2 Å². The zero-order valence-corrected chi connectivity index (χ0v) is 16.5. The summed E-state index contributed by atoms with van der Waals surface area (Å²) in [5.41, 5.74) is 8.31. The third-order valence-electron chi connectivity index (χ3n) is 5.62. The number of methoxy groups -OCH3 is 1. The van der Waals surface area contributed by atoms with Crippen LogP contribution in [0.4, 0.5) is 0 Å². The zero-order chi connectivity index (χ0) is 20.5. The largest absolute Gasteiger partial charge is 0.497 e. The summed E-state index contributed by atoms with van der Waals surface area (Å²) in [6, 6.07) is 11.3. The van der Waals surface area contributed by atoms with E-state index in [4.69, 9.17) is 9.26 Å². The second-order valence-corrected chi connectivity index (χ2v) is 7.54. The van der Waals surface area contributed by atoms with Crippen molar-refractivity contribution in [2.45, 2.75) is 24.4 Å². The molecule has 0 spiro atoms. The number of hydrazine groups is 1. The standard InChI is InChI=1S/C21H22N6O3/c1-29-16-4-2-3-14(9-16)17-10-18(25-24-17)21(28)27-11-15(12-27)20-23-19(26-30-20)13-5-7-22-8-6-13/h2-9,15,17-18,24-25H,10-12H2,1H3. The zero-order valence-electron chi connectivity index (χ0n) is 16.5. The lowest BCUT2D eigenvalue weighted by molar-refractivity contribution is -0.138. The van der Waals surface area contributed by atoms with E-state index in [1.807, 2.05) is 41.3 Å². The van der Waals surface area contributed by atoms with E-state index in [-0.39, 0.29) is 23.9 Å².